The fourth-order valence-electron chi connectivity index (χ4n) is 2.50. The molecule has 0 saturated carbocycles. The minimum Gasteiger partial charge on any atom is -0.492 e. The van der Waals surface area contributed by atoms with Crippen LogP contribution in [0.1, 0.15) is 0 Å². The number of nitro groups is 1. The van der Waals surface area contributed by atoms with Crippen molar-refractivity contribution >= 4 is 33.9 Å². The molecule has 0 atom stereocenters. The van der Waals surface area contributed by atoms with E-state index in [2.05, 4.69) is 9.97 Å². The Hall–Kier alpha value is -3.13. The second-order valence-corrected chi connectivity index (χ2v) is 6.01. The third kappa shape index (κ3) is 3.75. The fraction of sp³-hybridized carbons (Fsp3) is 0.176. The Morgan fingerprint density at radius 3 is 2.73 bits per heavy atom. The van der Waals surface area contributed by atoms with Crippen LogP contribution in [0.15, 0.2) is 47.5 Å². The van der Waals surface area contributed by atoms with Crippen molar-refractivity contribution in [2.45, 2.75) is 0 Å². The van der Waals surface area contributed by atoms with Gasteiger partial charge in [-0.2, -0.15) is 0 Å². The molecule has 0 bridgehead atoms. The minimum absolute atomic E-state index is 0.162. The van der Waals surface area contributed by atoms with Crippen LogP contribution < -0.4 is 15.2 Å². The second-order valence-electron chi connectivity index (χ2n) is 5.57. The Morgan fingerprint density at radius 1 is 1.31 bits per heavy atom. The summed E-state index contributed by atoms with van der Waals surface area (Å²) in [5, 5.41) is 12.2. The third-order valence-corrected chi connectivity index (χ3v) is 4.11. The van der Waals surface area contributed by atoms with Crippen LogP contribution in [0.2, 0.25) is 5.02 Å². The zero-order chi connectivity index (χ0) is 18.7. The van der Waals surface area contributed by atoms with Gasteiger partial charge >= 0.3 is 0 Å². The molecule has 1 N–H and O–H groups in total. The number of hydrogen-bond donors (Lipinski definition) is 1. The van der Waals surface area contributed by atoms with Gasteiger partial charge < -0.3 is 14.6 Å². The Kier molecular flexibility index (Phi) is 5.04. The van der Waals surface area contributed by atoms with Crippen molar-refractivity contribution < 1.29 is 9.66 Å². The van der Waals surface area contributed by atoms with Gasteiger partial charge in [0.15, 0.2) is 0 Å². The molecule has 0 aliphatic carbocycles. The van der Waals surface area contributed by atoms with Crippen LogP contribution >= 0.6 is 11.6 Å². The van der Waals surface area contributed by atoms with E-state index in [-0.39, 0.29) is 11.1 Å². The third-order valence-electron chi connectivity index (χ3n) is 3.85. The molecule has 0 radical (unpaired) electrons. The molecule has 0 saturated heterocycles. The van der Waals surface area contributed by atoms with Crippen LogP contribution in [0.4, 0.5) is 11.4 Å². The van der Waals surface area contributed by atoms with E-state index in [0.29, 0.717) is 35.1 Å². The number of aromatic amines is 1. The van der Waals surface area contributed by atoms with Crippen molar-refractivity contribution in [1.29, 1.82) is 0 Å². The van der Waals surface area contributed by atoms with Crippen LogP contribution in [0, 0.1) is 10.1 Å². The van der Waals surface area contributed by atoms with E-state index in [1.807, 2.05) is 0 Å². The summed E-state index contributed by atoms with van der Waals surface area (Å²) in [7, 11) is 1.71. The first kappa shape index (κ1) is 17.7. The average molecular weight is 375 g/mol. The first-order chi connectivity index (χ1) is 12.5. The molecule has 1 heterocycles. The second kappa shape index (κ2) is 7.40. The quantitative estimate of drug-likeness (QED) is 0.525. The molecule has 8 nitrogen and oxygen atoms in total. The first-order valence-corrected chi connectivity index (χ1v) is 8.09. The van der Waals surface area contributed by atoms with Gasteiger partial charge in [-0.15, -0.1) is 0 Å². The van der Waals surface area contributed by atoms with Crippen LogP contribution in [0.25, 0.3) is 10.9 Å². The summed E-state index contributed by atoms with van der Waals surface area (Å²) in [4.78, 5) is 30.9. The number of nitro benzene ring substituents is 1. The smallest absolute Gasteiger partial charge is 0.293 e. The van der Waals surface area contributed by atoms with Crippen LogP contribution in [-0.2, 0) is 0 Å². The fourth-order valence-corrected chi connectivity index (χ4v) is 2.62. The Bertz CT molecular complexity index is 1000. The topological polar surface area (TPSA) is 101 Å². The Labute approximate surface area is 153 Å². The lowest BCUT2D eigenvalue weighted by Gasteiger charge is -2.19. The van der Waals surface area contributed by atoms with E-state index < -0.39 is 10.5 Å². The van der Waals surface area contributed by atoms with Crippen molar-refractivity contribution in [3.8, 4) is 5.75 Å². The number of aromatic nitrogens is 2. The number of H-pyrrole nitrogens is 1. The first-order valence-electron chi connectivity index (χ1n) is 7.71. The van der Waals surface area contributed by atoms with Gasteiger partial charge in [0.1, 0.15) is 18.0 Å². The van der Waals surface area contributed by atoms with E-state index in [9.17, 15) is 14.9 Å². The number of ether oxygens (including phenoxy) is 1. The van der Waals surface area contributed by atoms with Gasteiger partial charge in [-0.25, -0.2) is 4.98 Å². The predicted molar refractivity (Wildman–Crippen MR) is 99.2 cm³/mol. The molecule has 1 aromatic heterocycles. The summed E-state index contributed by atoms with van der Waals surface area (Å²) in [6.07, 6.45) is 1.27. The Morgan fingerprint density at radius 2 is 2.04 bits per heavy atom. The van der Waals surface area contributed by atoms with Crippen LogP contribution in [0.3, 0.4) is 0 Å². The highest BCUT2D eigenvalue weighted by molar-refractivity contribution is 6.30. The highest BCUT2D eigenvalue weighted by Gasteiger charge is 2.20. The predicted octanol–water partition coefficient (Wildman–Crippen LogP) is 3.00. The van der Waals surface area contributed by atoms with Gasteiger partial charge in [0.25, 0.3) is 11.2 Å². The SMILES string of the molecule is CN(CCOc1ccc(Cl)cc1)c1cc2nc[nH]c(=O)c2cc1[N+](=O)[O-]. The highest BCUT2D eigenvalue weighted by Crippen LogP contribution is 2.30. The van der Waals surface area contributed by atoms with Crippen LogP contribution in [-0.4, -0.2) is 35.1 Å². The number of anilines is 1. The van der Waals surface area contributed by atoms with Crippen molar-refractivity contribution in [3.63, 3.8) is 0 Å². The van der Waals surface area contributed by atoms with Gasteiger partial charge in [-0.1, -0.05) is 11.6 Å². The summed E-state index contributed by atoms with van der Waals surface area (Å²) in [5.41, 5.74) is 0.170. The maximum absolute atomic E-state index is 11.8. The summed E-state index contributed by atoms with van der Waals surface area (Å²) in [6, 6.07) is 9.71. The molecular formula is C17H15ClN4O4. The summed E-state index contributed by atoms with van der Waals surface area (Å²) in [5.74, 6) is 0.656. The van der Waals surface area contributed by atoms with Crippen molar-refractivity contribution in [2.75, 3.05) is 25.1 Å². The van der Waals surface area contributed by atoms with Gasteiger partial charge in [-0.05, 0) is 30.3 Å². The Balaban J connectivity index is 1.81. The number of fused-ring (bicyclic) bond motifs is 1. The molecule has 3 rings (SSSR count). The maximum atomic E-state index is 11.8. The molecule has 0 unspecified atom stereocenters. The zero-order valence-corrected chi connectivity index (χ0v) is 14.6. The lowest BCUT2D eigenvalue weighted by molar-refractivity contribution is -0.384. The van der Waals surface area contributed by atoms with Crippen molar-refractivity contribution in [1.82, 2.24) is 9.97 Å². The lowest BCUT2D eigenvalue weighted by Crippen LogP contribution is -2.24. The number of hydrogen-bond acceptors (Lipinski definition) is 6. The average Bonchev–Trinajstić information content (AvgIpc) is 2.62. The minimum atomic E-state index is -0.516. The van der Waals surface area contributed by atoms with Crippen LogP contribution in [0.5, 0.6) is 5.75 Å². The molecule has 3 aromatic rings. The number of nitrogens with one attached hydrogen (secondary N) is 1. The lowest BCUT2D eigenvalue weighted by atomic mass is 10.1. The van der Waals surface area contributed by atoms with E-state index in [1.54, 1.807) is 36.2 Å². The summed E-state index contributed by atoms with van der Waals surface area (Å²) in [6.45, 7) is 0.717. The molecule has 9 heteroatoms. The zero-order valence-electron chi connectivity index (χ0n) is 13.8. The molecule has 0 spiro atoms. The van der Waals surface area contributed by atoms with Crippen molar-refractivity contribution in [3.05, 3.63) is 68.2 Å². The normalized spacial score (nSPS) is 10.7. The van der Waals surface area contributed by atoms with E-state index >= 15 is 0 Å². The molecule has 0 amide bonds. The molecule has 0 aliphatic rings. The van der Waals surface area contributed by atoms with Gasteiger partial charge in [0, 0.05) is 18.1 Å². The number of likely N-dealkylation sites (N-methyl/N-ethyl adjacent to an activating group) is 1. The standard InChI is InChI=1S/C17H15ClN4O4/c1-21(6-7-26-12-4-2-11(18)3-5-12)15-9-14-13(8-16(15)22(24)25)17(23)20-10-19-14/h2-5,8-10H,6-7H2,1H3,(H,19,20,23). The monoisotopic (exact) mass is 374 g/mol. The van der Waals surface area contributed by atoms with Gasteiger partial charge in [0.2, 0.25) is 0 Å². The number of rotatable bonds is 6. The number of nitrogens with zero attached hydrogens (tertiary/aromatic N) is 3. The highest BCUT2D eigenvalue weighted by atomic mass is 35.5. The molecular weight excluding hydrogens is 360 g/mol. The van der Waals surface area contributed by atoms with E-state index in [1.165, 1.54) is 18.5 Å². The van der Waals surface area contributed by atoms with E-state index in [4.69, 9.17) is 16.3 Å². The summed E-state index contributed by atoms with van der Waals surface area (Å²) < 4.78 is 5.62. The molecule has 0 aliphatic heterocycles. The van der Waals surface area contributed by atoms with E-state index in [0.717, 1.165) is 0 Å². The van der Waals surface area contributed by atoms with Gasteiger partial charge in [-0.3, -0.25) is 14.9 Å². The van der Waals surface area contributed by atoms with Gasteiger partial charge in [0.05, 0.1) is 28.7 Å². The summed E-state index contributed by atoms with van der Waals surface area (Å²) >= 11 is 5.82. The number of halogens is 1. The molecule has 0 fully saturated rings. The maximum Gasteiger partial charge on any atom is 0.293 e. The molecule has 26 heavy (non-hydrogen) atoms. The van der Waals surface area contributed by atoms with Crippen molar-refractivity contribution in [2.24, 2.45) is 0 Å². The number of benzene rings is 2. The molecule has 2 aromatic carbocycles. The molecule has 134 valence electrons. The largest absolute Gasteiger partial charge is 0.492 e.